The molecular weight excluding hydrogens is 232 g/mol. The zero-order valence-corrected chi connectivity index (χ0v) is 10.9. The zero-order chi connectivity index (χ0) is 14.1. The number of rotatable bonds is 10. The molecule has 2 N–H and O–H groups in total. The van der Waals surface area contributed by atoms with Crippen molar-refractivity contribution in [2.45, 2.75) is 45.4 Å². The van der Waals surface area contributed by atoms with Gasteiger partial charge in [0, 0.05) is 11.1 Å². The van der Waals surface area contributed by atoms with Gasteiger partial charge in [0.1, 0.15) is 0 Å². The highest BCUT2D eigenvalue weighted by Crippen LogP contribution is 2.21. The molecular formula is C14H22O4. The molecule has 0 aliphatic heterocycles. The number of aliphatic carboxylic acids is 2. The fourth-order valence-electron chi connectivity index (χ4n) is 1.76. The molecule has 0 amide bonds. The number of carboxylic acids is 2. The van der Waals surface area contributed by atoms with E-state index in [0.717, 1.165) is 25.7 Å². The molecule has 0 rings (SSSR count). The summed E-state index contributed by atoms with van der Waals surface area (Å²) in [4.78, 5) is 21.2. The molecule has 0 aromatic carbocycles. The van der Waals surface area contributed by atoms with Crippen LogP contribution in [0, 0.1) is 5.92 Å². The van der Waals surface area contributed by atoms with Crippen molar-refractivity contribution in [2.75, 3.05) is 0 Å². The lowest BCUT2D eigenvalue weighted by Gasteiger charge is -2.14. The highest BCUT2D eigenvalue weighted by atomic mass is 16.4. The Morgan fingerprint density at radius 2 is 1.61 bits per heavy atom. The fraction of sp³-hybridized carbons (Fsp3) is 0.571. The third-order valence-corrected chi connectivity index (χ3v) is 3.06. The van der Waals surface area contributed by atoms with E-state index in [0.29, 0.717) is 18.8 Å². The molecule has 0 aliphatic carbocycles. The minimum absolute atomic E-state index is 0.234. The van der Waals surface area contributed by atoms with Crippen molar-refractivity contribution in [2.24, 2.45) is 5.92 Å². The molecule has 102 valence electrons. The molecule has 0 saturated carbocycles. The smallest absolute Gasteiger partial charge is 0.330 e. The molecule has 0 spiro atoms. The van der Waals surface area contributed by atoms with Crippen LogP contribution in [0.2, 0.25) is 0 Å². The highest BCUT2D eigenvalue weighted by molar-refractivity contribution is 5.86. The van der Waals surface area contributed by atoms with E-state index < -0.39 is 11.9 Å². The van der Waals surface area contributed by atoms with Crippen LogP contribution in [0.25, 0.3) is 0 Å². The molecule has 0 aromatic rings. The average Bonchev–Trinajstić information content (AvgIpc) is 2.31. The van der Waals surface area contributed by atoms with Gasteiger partial charge in [-0.3, -0.25) is 0 Å². The van der Waals surface area contributed by atoms with E-state index in [2.05, 4.69) is 13.2 Å². The summed E-state index contributed by atoms with van der Waals surface area (Å²) in [5, 5.41) is 17.4. The summed E-state index contributed by atoms with van der Waals surface area (Å²) in [7, 11) is 0. The van der Waals surface area contributed by atoms with Crippen LogP contribution in [-0.4, -0.2) is 22.2 Å². The Morgan fingerprint density at radius 1 is 1.06 bits per heavy atom. The van der Waals surface area contributed by atoms with E-state index in [1.165, 1.54) is 0 Å². The van der Waals surface area contributed by atoms with Crippen molar-refractivity contribution in [1.82, 2.24) is 0 Å². The van der Waals surface area contributed by atoms with Crippen LogP contribution in [0.3, 0.4) is 0 Å². The molecule has 0 radical (unpaired) electrons. The number of carbonyl (C=O) groups is 2. The van der Waals surface area contributed by atoms with Crippen molar-refractivity contribution >= 4 is 11.9 Å². The normalized spacial score (nSPS) is 11.8. The second-order valence-corrected chi connectivity index (χ2v) is 4.54. The molecule has 0 saturated heterocycles. The van der Waals surface area contributed by atoms with Gasteiger partial charge < -0.3 is 10.2 Å². The summed E-state index contributed by atoms with van der Waals surface area (Å²) in [5.41, 5.74) is 0.481. The monoisotopic (exact) mass is 254 g/mol. The van der Waals surface area contributed by atoms with E-state index in [9.17, 15) is 9.59 Å². The largest absolute Gasteiger partial charge is 0.478 e. The van der Waals surface area contributed by atoms with E-state index in [4.69, 9.17) is 10.2 Å². The minimum atomic E-state index is -0.943. The van der Waals surface area contributed by atoms with Gasteiger partial charge in [0.15, 0.2) is 0 Å². The van der Waals surface area contributed by atoms with Crippen LogP contribution >= 0.6 is 0 Å². The van der Waals surface area contributed by atoms with Crippen molar-refractivity contribution in [3.8, 4) is 0 Å². The maximum Gasteiger partial charge on any atom is 0.330 e. The van der Waals surface area contributed by atoms with Crippen LogP contribution < -0.4 is 0 Å². The Labute approximate surface area is 108 Å². The molecule has 0 fully saturated rings. The first-order valence-electron chi connectivity index (χ1n) is 6.20. The summed E-state index contributed by atoms with van der Waals surface area (Å²) in [6.07, 6.45) is 4.47. The van der Waals surface area contributed by atoms with Gasteiger partial charge >= 0.3 is 11.9 Å². The standard InChI is InChI=1S/C14H22O4/c1-4-12(9-11(3)14(17)18)8-6-5-7-10(2)13(15)16/h12H,2-9H2,1H3,(H,15,16)(H,17,18). The second-order valence-electron chi connectivity index (χ2n) is 4.54. The van der Waals surface area contributed by atoms with Crippen LogP contribution in [-0.2, 0) is 9.59 Å². The van der Waals surface area contributed by atoms with Crippen molar-refractivity contribution in [3.63, 3.8) is 0 Å². The van der Waals surface area contributed by atoms with Crippen LogP contribution in [0.4, 0.5) is 0 Å². The van der Waals surface area contributed by atoms with E-state index >= 15 is 0 Å². The SMILES string of the molecule is C=C(CCCCC(CC)CC(=C)C(=O)O)C(=O)O. The Hall–Kier alpha value is -1.58. The molecule has 18 heavy (non-hydrogen) atoms. The predicted molar refractivity (Wildman–Crippen MR) is 70.4 cm³/mol. The number of unbranched alkanes of at least 4 members (excludes halogenated alkanes) is 1. The first-order valence-corrected chi connectivity index (χ1v) is 6.20. The molecule has 0 aromatic heterocycles. The highest BCUT2D eigenvalue weighted by Gasteiger charge is 2.12. The third kappa shape index (κ3) is 6.89. The van der Waals surface area contributed by atoms with Gasteiger partial charge in [0.05, 0.1) is 0 Å². The molecule has 0 heterocycles. The number of carboxylic acid groups (broad SMARTS) is 2. The molecule has 0 aliphatic rings. The second kappa shape index (κ2) is 8.50. The van der Waals surface area contributed by atoms with Crippen molar-refractivity contribution in [3.05, 3.63) is 24.3 Å². The summed E-state index contributed by atoms with van der Waals surface area (Å²) >= 11 is 0. The van der Waals surface area contributed by atoms with Crippen LogP contribution in [0.15, 0.2) is 24.3 Å². The van der Waals surface area contributed by atoms with Gasteiger partial charge in [-0.05, 0) is 25.2 Å². The summed E-state index contributed by atoms with van der Waals surface area (Å²) < 4.78 is 0. The van der Waals surface area contributed by atoms with Gasteiger partial charge in [0.2, 0.25) is 0 Å². The quantitative estimate of drug-likeness (QED) is 0.463. The average molecular weight is 254 g/mol. The van der Waals surface area contributed by atoms with Crippen LogP contribution in [0.5, 0.6) is 0 Å². The van der Waals surface area contributed by atoms with E-state index in [1.54, 1.807) is 0 Å². The number of hydrogen-bond acceptors (Lipinski definition) is 2. The van der Waals surface area contributed by atoms with Gasteiger partial charge in [-0.15, -0.1) is 0 Å². The van der Waals surface area contributed by atoms with Crippen molar-refractivity contribution < 1.29 is 19.8 Å². The third-order valence-electron chi connectivity index (χ3n) is 3.06. The molecule has 0 bridgehead atoms. The van der Waals surface area contributed by atoms with Crippen LogP contribution in [0.1, 0.15) is 45.4 Å². The van der Waals surface area contributed by atoms with E-state index in [1.807, 2.05) is 6.92 Å². The summed E-state index contributed by atoms with van der Waals surface area (Å²) in [6.45, 7) is 9.03. The van der Waals surface area contributed by atoms with Gasteiger partial charge in [-0.1, -0.05) is 39.3 Å². The predicted octanol–water partition coefficient (Wildman–Crippen LogP) is 3.24. The lowest BCUT2D eigenvalue weighted by Crippen LogP contribution is -2.07. The zero-order valence-electron chi connectivity index (χ0n) is 10.9. The fourth-order valence-corrected chi connectivity index (χ4v) is 1.76. The molecule has 1 unspecified atom stereocenters. The molecule has 4 heteroatoms. The summed E-state index contributed by atoms with van der Waals surface area (Å²) in [5.74, 6) is -1.57. The Balaban J connectivity index is 3.88. The van der Waals surface area contributed by atoms with Gasteiger partial charge in [-0.25, -0.2) is 9.59 Å². The lowest BCUT2D eigenvalue weighted by molar-refractivity contribution is -0.133. The first-order chi connectivity index (χ1) is 8.38. The van der Waals surface area contributed by atoms with Gasteiger partial charge in [0.25, 0.3) is 0 Å². The minimum Gasteiger partial charge on any atom is -0.478 e. The Kier molecular flexibility index (Phi) is 7.76. The Bertz CT molecular complexity index is 331. The van der Waals surface area contributed by atoms with Gasteiger partial charge in [-0.2, -0.15) is 0 Å². The Morgan fingerprint density at radius 3 is 2.06 bits per heavy atom. The maximum atomic E-state index is 10.7. The van der Waals surface area contributed by atoms with Crippen molar-refractivity contribution in [1.29, 1.82) is 0 Å². The molecule has 1 atom stereocenters. The van der Waals surface area contributed by atoms with E-state index in [-0.39, 0.29) is 11.1 Å². The lowest BCUT2D eigenvalue weighted by atomic mass is 9.91. The topological polar surface area (TPSA) is 74.6 Å². The number of hydrogen-bond donors (Lipinski definition) is 2. The molecule has 4 nitrogen and oxygen atoms in total. The summed E-state index contributed by atoms with van der Waals surface area (Å²) in [6, 6.07) is 0. The first kappa shape index (κ1) is 16.4. The maximum absolute atomic E-state index is 10.7.